The van der Waals surface area contributed by atoms with Gasteiger partial charge in [0.15, 0.2) is 11.6 Å². The van der Waals surface area contributed by atoms with E-state index in [4.69, 9.17) is 27.6 Å². The molecule has 0 amide bonds. The fourth-order valence-corrected chi connectivity index (χ4v) is 2.52. The van der Waals surface area contributed by atoms with Crippen molar-refractivity contribution in [1.82, 2.24) is 9.97 Å². The molecule has 1 aliphatic rings. The Morgan fingerprint density at radius 3 is 2.44 bits per heavy atom. The van der Waals surface area contributed by atoms with E-state index in [0.717, 1.165) is 5.76 Å². The second kappa shape index (κ2) is 4.65. The molecule has 1 saturated carbocycles. The van der Waals surface area contributed by atoms with E-state index < -0.39 is 0 Å². The maximum Gasteiger partial charge on any atom is 0.198 e. The fourth-order valence-electron chi connectivity index (χ4n) is 1.90. The van der Waals surface area contributed by atoms with Crippen molar-refractivity contribution in [2.45, 2.75) is 19.3 Å². The van der Waals surface area contributed by atoms with Crippen molar-refractivity contribution in [2.24, 2.45) is 5.92 Å². The largest absolute Gasteiger partial charge is 0.457 e. The summed E-state index contributed by atoms with van der Waals surface area (Å²) < 4.78 is 6.42. The molecule has 0 N–H and O–H groups in total. The Labute approximate surface area is 128 Å². The second-order valence-electron chi connectivity index (χ2n) is 4.46. The molecule has 0 aromatic carbocycles. The van der Waals surface area contributed by atoms with Gasteiger partial charge in [-0.1, -0.05) is 30.1 Å². The summed E-state index contributed by atoms with van der Waals surface area (Å²) in [5.74, 6) is 3.28. The van der Waals surface area contributed by atoms with Crippen molar-refractivity contribution >= 4 is 45.8 Å². The molecular formula is C12H9Cl2IN2O. The zero-order valence-electron chi connectivity index (χ0n) is 9.45. The maximum absolute atomic E-state index is 5.99. The molecular weight excluding hydrogens is 386 g/mol. The molecule has 3 rings (SSSR count). The Morgan fingerprint density at radius 1 is 1.28 bits per heavy atom. The van der Waals surface area contributed by atoms with Crippen molar-refractivity contribution in [3.05, 3.63) is 31.8 Å². The quantitative estimate of drug-likeness (QED) is 0.543. The van der Waals surface area contributed by atoms with Gasteiger partial charge < -0.3 is 4.42 Å². The van der Waals surface area contributed by atoms with Crippen molar-refractivity contribution in [3.8, 4) is 11.6 Å². The summed E-state index contributed by atoms with van der Waals surface area (Å²) >= 11 is 14.0. The van der Waals surface area contributed by atoms with Crippen LogP contribution in [0.15, 0.2) is 16.5 Å². The number of nitrogens with zero attached hydrogens (tertiary/aromatic N) is 2. The van der Waals surface area contributed by atoms with Crippen LogP contribution in [0.3, 0.4) is 0 Å². The topological polar surface area (TPSA) is 38.9 Å². The zero-order valence-corrected chi connectivity index (χ0v) is 13.1. The minimum atomic E-state index is 0.350. The van der Waals surface area contributed by atoms with Gasteiger partial charge in [-0.3, -0.25) is 0 Å². The number of halogens is 3. The van der Waals surface area contributed by atoms with Gasteiger partial charge in [-0.25, -0.2) is 9.97 Å². The van der Waals surface area contributed by atoms with Crippen molar-refractivity contribution in [3.63, 3.8) is 0 Å². The highest BCUT2D eigenvalue weighted by Gasteiger charge is 2.36. The SMILES string of the molecule is CC1CC1c1ccc(-c2nc(Cl)c(I)c(Cl)n2)o1. The summed E-state index contributed by atoms with van der Waals surface area (Å²) in [7, 11) is 0. The Morgan fingerprint density at radius 2 is 1.89 bits per heavy atom. The number of hydrogen-bond acceptors (Lipinski definition) is 3. The van der Waals surface area contributed by atoms with Gasteiger partial charge in [-0.2, -0.15) is 0 Å². The standard InChI is InChI=1S/C12H9Cl2IN2O/c1-5-4-6(5)7-2-3-8(18-7)12-16-10(13)9(15)11(14)17-12/h2-3,5-6H,4H2,1H3. The number of aromatic nitrogens is 2. The molecule has 2 atom stereocenters. The van der Waals surface area contributed by atoms with Crippen LogP contribution < -0.4 is 0 Å². The molecule has 0 radical (unpaired) electrons. The summed E-state index contributed by atoms with van der Waals surface area (Å²) in [5, 5.41) is 0.701. The van der Waals surface area contributed by atoms with E-state index in [0.29, 0.717) is 37.3 Å². The van der Waals surface area contributed by atoms with Gasteiger partial charge in [0.2, 0.25) is 0 Å². The molecule has 1 fully saturated rings. The molecule has 2 aromatic heterocycles. The van der Waals surface area contributed by atoms with Gasteiger partial charge in [0.05, 0.1) is 3.57 Å². The van der Waals surface area contributed by atoms with Crippen molar-refractivity contribution < 1.29 is 4.42 Å². The van der Waals surface area contributed by atoms with Crippen LogP contribution in [0.25, 0.3) is 11.6 Å². The first-order valence-electron chi connectivity index (χ1n) is 5.55. The van der Waals surface area contributed by atoms with Crippen LogP contribution in [0.1, 0.15) is 25.0 Å². The van der Waals surface area contributed by atoms with E-state index in [1.165, 1.54) is 6.42 Å². The van der Waals surface area contributed by atoms with Crippen LogP contribution in [0.2, 0.25) is 10.3 Å². The molecule has 1 aliphatic carbocycles. The molecule has 3 nitrogen and oxygen atoms in total. The summed E-state index contributed by atoms with van der Waals surface area (Å²) in [4.78, 5) is 8.37. The van der Waals surface area contributed by atoms with Gasteiger partial charge in [-0.15, -0.1) is 0 Å². The minimum Gasteiger partial charge on any atom is -0.457 e. The predicted molar refractivity (Wildman–Crippen MR) is 79.0 cm³/mol. The molecule has 2 unspecified atom stereocenters. The third-order valence-corrected chi connectivity index (χ3v) is 5.30. The van der Waals surface area contributed by atoms with Crippen LogP contribution in [-0.2, 0) is 0 Å². The van der Waals surface area contributed by atoms with Crippen LogP contribution in [-0.4, -0.2) is 9.97 Å². The second-order valence-corrected chi connectivity index (χ2v) is 6.26. The summed E-state index contributed by atoms with van der Waals surface area (Å²) in [5.41, 5.74) is 0. The first-order valence-corrected chi connectivity index (χ1v) is 7.38. The molecule has 0 saturated heterocycles. The summed E-state index contributed by atoms with van der Waals surface area (Å²) in [6.07, 6.45) is 1.18. The molecule has 0 bridgehead atoms. The van der Waals surface area contributed by atoms with Crippen LogP contribution >= 0.6 is 45.8 Å². The van der Waals surface area contributed by atoms with E-state index in [9.17, 15) is 0 Å². The Balaban J connectivity index is 1.97. The molecule has 0 spiro atoms. The van der Waals surface area contributed by atoms with E-state index in [1.807, 2.05) is 34.7 Å². The predicted octanol–water partition coefficient (Wildman–Crippen LogP) is 4.77. The Hall–Kier alpha value is -0.330. The average Bonchev–Trinajstić information content (AvgIpc) is 2.89. The Bertz CT molecular complexity index is 591. The minimum absolute atomic E-state index is 0.350. The average molecular weight is 395 g/mol. The third kappa shape index (κ3) is 2.26. The molecule has 6 heteroatoms. The van der Waals surface area contributed by atoms with Gasteiger partial charge >= 0.3 is 0 Å². The molecule has 18 heavy (non-hydrogen) atoms. The highest BCUT2D eigenvalue weighted by Crippen LogP contribution is 2.47. The number of hydrogen-bond donors (Lipinski definition) is 0. The van der Waals surface area contributed by atoms with Crippen molar-refractivity contribution in [2.75, 3.05) is 0 Å². The first kappa shape index (κ1) is 12.7. The zero-order chi connectivity index (χ0) is 12.9. The van der Waals surface area contributed by atoms with E-state index in [2.05, 4.69) is 16.9 Å². The highest BCUT2D eigenvalue weighted by molar-refractivity contribution is 14.1. The summed E-state index contributed by atoms with van der Waals surface area (Å²) in [6.45, 7) is 2.21. The van der Waals surface area contributed by atoms with Crippen molar-refractivity contribution in [1.29, 1.82) is 0 Å². The third-order valence-electron chi connectivity index (χ3n) is 3.09. The Kier molecular flexibility index (Phi) is 3.28. The fraction of sp³-hybridized carbons (Fsp3) is 0.333. The van der Waals surface area contributed by atoms with Gasteiger partial charge in [-0.05, 0) is 47.1 Å². The van der Waals surface area contributed by atoms with E-state index in [-0.39, 0.29) is 0 Å². The van der Waals surface area contributed by atoms with E-state index in [1.54, 1.807) is 0 Å². The first-order chi connectivity index (χ1) is 8.56. The van der Waals surface area contributed by atoms with Gasteiger partial charge in [0.25, 0.3) is 0 Å². The van der Waals surface area contributed by atoms with Crippen LogP contribution in [0.4, 0.5) is 0 Å². The monoisotopic (exact) mass is 394 g/mol. The van der Waals surface area contributed by atoms with E-state index >= 15 is 0 Å². The smallest absolute Gasteiger partial charge is 0.198 e. The normalized spacial score (nSPS) is 22.2. The molecule has 0 aliphatic heterocycles. The van der Waals surface area contributed by atoms with Crippen LogP contribution in [0, 0.1) is 9.49 Å². The number of furan rings is 1. The lowest BCUT2D eigenvalue weighted by atomic mass is 10.3. The van der Waals surface area contributed by atoms with Gasteiger partial charge in [0.1, 0.15) is 16.1 Å². The highest BCUT2D eigenvalue weighted by atomic mass is 127. The molecule has 2 heterocycles. The lowest BCUT2D eigenvalue weighted by Gasteiger charge is -2.01. The van der Waals surface area contributed by atoms with Gasteiger partial charge in [0, 0.05) is 5.92 Å². The number of rotatable bonds is 2. The maximum atomic E-state index is 5.99. The molecule has 2 aromatic rings. The lowest BCUT2D eigenvalue weighted by Crippen LogP contribution is -1.92. The molecule has 94 valence electrons. The lowest BCUT2D eigenvalue weighted by molar-refractivity contribution is 0.515. The van der Waals surface area contributed by atoms with Crippen LogP contribution in [0.5, 0.6) is 0 Å². The summed E-state index contributed by atoms with van der Waals surface area (Å²) in [6, 6.07) is 3.85.